The molecule has 2 rings (SSSR count). The number of nitrogens with one attached hydrogen (secondary N) is 1. The van der Waals surface area contributed by atoms with E-state index in [0.717, 1.165) is 18.8 Å². The van der Waals surface area contributed by atoms with Crippen molar-refractivity contribution in [1.82, 2.24) is 14.9 Å². The molecule has 108 valence electrons. The van der Waals surface area contributed by atoms with Gasteiger partial charge in [-0.1, -0.05) is 12.1 Å². The average molecular weight is 272 g/mol. The van der Waals surface area contributed by atoms with E-state index in [0.29, 0.717) is 6.04 Å². The molecule has 1 heterocycles. The number of imidazole rings is 1. The zero-order valence-corrected chi connectivity index (χ0v) is 12.8. The van der Waals surface area contributed by atoms with Crippen LogP contribution in [0.5, 0.6) is 0 Å². The highest BCUT2D eigenvalue weighted by molar-refractivity contribution is 5.46. The number of hydrogen-bond donors (Lipinski definition) is 1. The molecule has 1 atom stereocenters. The molecule has 1 N–H and O–H groups in total. The summed E-state index contributed by atoms with van der Waals surface area (Å²) in [6.45, 7) is 3.13. The minimum absolute atomic E-state index is 0.353. The van der Waals surface area contributed by atoms with Crippen LogP contribution in [0.25, 0.3) is 0 Å². The fourth-order valence-electron chi connectivity index (χ4n) is 2.22. The molecule has 2 aromatic rings. The highest BCUT2D eigenvalue weighted by Crippen LogP contribution is 2.17. The van der Waals surface area contributed by atoms with Crippen molar-refractivity contribution >= 4 is 5.69 Å². The van der Waals surface area contributed by atoms with Crippen molar-refractivity contribution in [1.29, 1.82) is 0 Å². The molecule has 0 amide bonds. The Morgan fingerprint density at radius 2 is 1.95 bits per heavy atom. The van der Waals surface area contributed by atoms with Gasteiger partial charge < -0.3 is 14.8 Å². The number of hydrogen-bond acceptors (Lipinski definition) is 3. The maximum atomic E-state index is 4.33. The normalized spacial score (nSPS) is 12.4. The molecule has 1 unspecified atom stereocenters. The predicted octanol–water partition coefficient (Wildman–Crippen LogP) is 2.38. The predicted molar refractivity (Wildman–Crippen MR) is 84.1 cm³/mol. The molecule has 0 aliphatic rings. The monoisotopic (exact) mass is 272 g/mol. The third kappa shape index (κ3) is 3.61. The first-order valence-electron chi connectivity index (χ1n) is 7.05. The van der Waals surface area contributed by atoms with Gasteiger partial charge in [0.25, 0.3) is 0 Å². The van der Waals surface area contributed by atoms with Gasteiger partial charge in [-0.2, -0.15) is 0 Å². The van der Waals surface area contributed by atoms with Crippen LogP contribution in [-0.2, 0) is 13.5 Å². The smallest absolute Gasteiger partial charge is 0.109 e. The maximum absolute atomic E-state index is 4.33. The van der Waals surface area contributed by atoms with E-state index in [2.05, 4.69) is 65.1 Å². The van der Waals surface area contributed by atoms with E-state index in [9.17, 15) is 0 Å². The molecule has 0 saturated carbocycles. The molecule has 0 spiro atoms. The molecule has 0 radical (unpaired) electrons. The first kappa shape index (κ1) is 14.6. The van der Waals surface area contributed by atoms with E-state index in [-0.39, 0.29) is 0 Å². The van der Waals surface area contributed by atoms with Gasteiger partial charge in [0, 0.05) is 58.2 Å². The van der Waals surface area contributed by atoms with Crippen LogP contribution in [0.2, 0.25) is 0 Å². The van der Waals surface area contributed by atoms with Crippen LogP contribution in [-0.4, -0.2) is 30.2 Å². The Labute approximate surface area is 121 Å². The van der Waals surface area contributed by atoms with Gasteiger partial charge in [-0.05, 0) is 24.6 Å². The fourth-order valence-corrected chi connectivity index (χ4v) is 2.22. The summed E-state index contributed by atoms with van der Waals surface area (Å²) in [5, 5.41) is 3.55. The number of benzene rings is 1. The summed E-state index contributed by atoms with van der Waals surface area (Å²) < 4.78 is 2.07. The lowest BCUT2D eigenvalue weighted by molar-refractivity contribution is 0.565. The molecular weight excluding hydrogens is 248 g/mol. The summed E-state index contributed by atoms with van der Waals surface area (Å²) in [7, 11) is 6.15. The average Bonchev–Trinajstić information content (AvgIpc) is 2.84. The van der Waals surface area contributed by atoms with Crippen LogP contribution in [0.4, 0.5) is 5.69 Å². The molecule has 4 heteroatoms. The maximum Gasteiger partial charge on any atom is 0.109 e. The molecule has 1 aromatic carbocycles. The molecule has 0 saturated heterocycles. The van der Waals surface area contributed by atoms with Crippen LogP contribution in [0.3, 0.4) is 0 Å². The summed E-state index contributed by atoms with van der Waals surface area (Å²) in [5.41, 5.74) is 2.55. The van der Waals surface area contributed by atoms with Gasteiger partial charge in [0.2, 0.25) is 0 Å². The van der Waals surface area contributed by atoms with Gasteiger partial charge in [0.05, 0.1) is 0 Å². The number of rotatable bonds is 6. The largest absolute Gasteiger partial charge is 0.378 e. The topological polar surface area (TPSA) is 33.1 Å². The van der Waals surface area contributed by atoms with Crippen LogP contribution in [0.1, 0.15) is 24.4 Å². The van der Waals surface area contributed by atoms with Gasteiger partial charge in [0.1, 0.15) is 5.82 Å². The Bertz CT molecular complexity index is 528. The van der Waals surface area contributed by atoms with Gasteiger partial charge in [-0.15, -0.1) is 0 Å². The number of aromatic nitrogens is 2. The third-order valence-corrected chi connectivity index (χ3v) is 3.63. The van der Waals surface area contributed by atoms with Crippen molar-refractivity contribution in [3.63, 3.8) is 0 Å². The van der Waals surface area contributed by atoms with Gasteiger partial charge >= 0.3 is 0 Å². The summed E-state index contributed by atoms with van der Waals surface area (Å²) in [5.74, 6) is 1.12. The zero-order chi connectivity index (χ0) is 14.5. The number of aryl methyl sites for hydroxylation is 1. The molecule has 0 aliphatic carbocycles. The summed E-state index contributed by atoms with van der Waals surface area (Å²) in [4.78, 5) is 6.45. The van der Waals surface area contributed by atoms with Crippen molar-refractivity contribution in [2.45, 2.75) is 19.4 Å². The second kappa shape index (κ2) is 6.57. The van der Waals surface area contributed by atoms with Crippen LogP contribution in [0.15, 0.2) is 36.7 Å². The molecule has 4 nitrogen and oxygen atoms in total. The zero-order valence-electron chi connectivity index (χ0n) is 12.8. The van der Waals surface area contributed by atoms with E-state index < -0.39 is 0 Å². The van der Waals surface area contributed by atoms with Crippen LogP contribution in [0, 0.1) is 0 Å². The Hall–Kier alpha value is -1.81. The van der Waals surface area contributed by atoms with E-state index in [1.807, 2.05) is 19.4 Å². The van der Waals surface area contributed by atoms with Gasteiger partial charge in [-0.25, -0.2) is 4.98 Å². The lowest BCUT2D eigenvalue weighted by Gasteiger charge is -2.17. The van der Waals surface area contributed by atoms with E-state index in [4.69, 9.17) is 0 Å². The Morgan fingerprint density at radius 3 is 2.50 bits per heavy atom. The van der Waals surface area contributed by atoms with E-state index >= 15 is 0 Å². The molecule has 0 aliphatic heterocycles. The standard InChI is InChI=1S/C16H24N4/c1-13(14-5-7-15(8-6-14)19(2)3)17-10-9-16-18-11-12-20(16)4/h5-8,11-13,17H,9-10H2,1-4H3. The third-order valence-electron chi connectivity index (χ3n) is 3.63. The second-order valence-corrected chi connectivity index (χ2v) is 5.37. The molecule has 20 heavy (non-hydrogen) atoms. The summed E-state index contributed by atoms with van der Waals surface area (Å²) in [6.07, 6.45) is 4.78. The van der Waals surface area contributed by atoms with E-state index in [1.165, 1.54) is 11.3 Å². The molecule has 0 fully saturated rings. The van der Waals surface area contributed by atoms with Gasteiger partial charge in [0.15, 0.2) is 0 Å². The van der Waals surface area contributed by atoms with Crippen molar-refractivity contribution in [3.8, 4) is 0 Å². The number of nitrogens with zero attached hydrogens (tertiary/aromatic N) is 3. The Morgan fingerprint density at radius 1 is 1.25 bits per heavy atom. The first-order chi connectivity index (χ1) is 9.58. The van der Waals surface area contributed by atoms with Crippen molar-refractivity contribution in [3.05, 3.63) is 48.0 Å². The SMILES string of the molecule is CC(NCCc1nccn1C)c1ccc(N(C)C)cc1. The number of anilines is 1. The van der Waals surface area contributed by atoms with Crippen LogP contribution < -0.4 is 10.2 Å². The molecular formula is C16H24N4. The second-order valence-electron chi connectivity index (χ2n) is 5.37. The van der Waals surface area contributed by atoms with E-state index in [1.54, 1.807) is 0 Å². The lowest BCUT2D eigenvalue weighted by Crippen LogP contribution is -2.22. The molecule has 1 aromatic heterocycles. The van der Waals surface area contributed by atoms with Crippen molar-refractivity contribution in [2.24, 2.45) is 7.05 Å². The minimum Gasteiger partial charge on any atom is -0.378 e. The van der Waals surface area contributed by atoms with Crippen molar-refractivity contribution in [2.75, 3.05) is 25.5 Å². The van der Waals surface area contributed by atoms with Crippen molar-refractivity contribution < 1.29 is 0 Å². The first-order valence-corrected chi connectivity index (χ1v) is 7.05. The lowest BCUT2D eigenvalue weighted by atomic mass is 10.1. The summed E-state index contributed by atoms with van der Waals surface area (Å²) >= 11 is 0. The highest BCUT2D eigenvalue weighted by atomic mass is 15.1. The highest BCUT2D eigenvalue weighted by Gasteiger charge is 2.06. The fraction of sp³-hybridized carbons (Fsp3) is 0.438. The Kier molecular flexibility index (Phi) is 4.79. The molecule has 0 bridgehead atoms. The van der Waals surface area contributed by atoms with Crippen LogP contribution >= 0.6 is 0 Å². The quantitative estimate of drug-likeness (QED) is 0.876. The summed E-state index contributed by atoms with van der Waals surface area (Å²) in [6, 6.07) is 9.05. The van der Waals surface area contributed by atoms with Gasteiger partial charge in [-0.3, -0.25) is 0 Å². The minimum atomic E-state index is 0.353. The Balaban J connectivity index is 1.85.